The highest BCUT2D eigenvalue weighted by molar-refractivity contribution is 4.98. The van der Waals surface area contributed by atoms with Crippen LogP contribution in [0.1, 0.15) is 32.6 Å². The Morgan fingerprint density at radius 2 is 2.20 bits per heavy atom. The molecule has 0 spiro atoms. The molecule has 0 saturated heterocycles. The van der Waals surface area contributed by atoms with Crippen LogP contribution in [-0.4, -0.2) is 11.2 Å². The maximum atomic E-state index is 9.29. The van der Waals surface area contributed by atoms with E-state index in [-0.39, 0.29) is 6.10 Å². The lowest BCUT2D eigenvalue weighted by molar-refractivity contribution is 0.110. The van der Waals surface area contributed by atoms with Crippen LogP contribution in [0.2, 0.25) is 0 Å². The molecule has 0 aliphatic heterocycles. The Hall–Kier alpha value is -0.300. The molecule has 1 aliphatic rings. The Morgan fingerprint density at radius 3 is 2.60 bits per heavy atom. The van der Waals surface area contributed by atoms with Gasteiger partial charge in [0.1, 0.15) is 0 Å². The van der Waals surface area contributed by atoms with Crippen molar-refractivity contribution in [2.45, 2.75) is 38.7 Å². The zero-order chi connectivity index (χ0) is 7.56. The van der Waals surface area contributed by atoms with E-state index in [1.807, 2.05) is 0 Å². The second kappa shape index (κ2) is 3.20. The fraction of sp³-hybridized carbons (Fsp3) is 0.778. The van der Waals surface area contributed by atoms with Crippen LogP contribution >= 0.6 is 0 Å². The van der Waals surface area contributed by atoms with Crippen LogP contribution in [0.4, 0.5) is 0 Å². The lowest BCUT2D eigenvalue weighted by atomic mass is 9.83. The van der Waals surface area contributed by atoms with Crippen molar-refractivity contribution < 1.29 is 5.11 Å². The summed E-state index contributed by atoms with van der Waals surface area (Å²) in [5.74, 6) is 0.587. The van der Waals surface area contributed by atoms with Crippen molar-refractivity contribution in [2.24, 2.45) is 5.92 Å². The van der Waals surface area contributed by atoms with Gasteiger partial charge in [-0.25, -0.2) is 0 Å². The summed E-state index contributed by atoms with van der Waals surface area (Å²) in [6.07, 6.45) is 4.26. The Morgan fingerprint density at radius 1 is 1.50 bits per heavy atom. The quantitative estimate of drug-likeness (QED) is 0.553. The van der Waals surface area contributed by atoms with E-state index in [0.29, 0.717) is 5.92 Å². The van der Waals surface area contributed by atoms with Crippen molar-refractivity contribution in [3.05, 3.63) is 12.2 Å². The largest absolute Gasteiger partial charge is 0.393 e. The highest BCUT2D eigenvalue weighted by Gasteiger charge is 2.19. The first kappa shape index (κ1) is 7.80. The molecule has 1 N–H and O–H groups in total. The van der Waals surface area contributed by atoms with E-state index in [1.54, 1.807) is 0 Å². The number of hydrogen-bond donors (Lipinski definition) is 1. The van der Waals surface area contributed by atoms with Gasteiger partial charge in [0.15, 0.2) is 0 Å². The number of aliphatic hydroxyl groups is 1. The molecule has 0 radical (unpaired) electrons. The number of allylic oxidation sites excluding steroid dienone is 1. The molecule has 0 bridgehead atoms. The zero-order valence-electron chi connectivity index (χ0n) is 6.64. The molecule has 1 aliphatic carbocycles. The molecule has 10 heavy (non-hydrogen) atoms. The van der Waals surface area contributed by atoms with E-state index in [0.717, 1.165) is 12.8 Å². The molecule has 0 heterocycles. The predicted octanol–water partition coefficient (Wildman–Crippen LogP) is 2.11. The Bertz CT molecular complexity index is 129. The van der Waals surface area contributed by atoms with Gasteiger partial charge in [-0.15, -0.1) is 0 Å². The third-order valence-corrected chi connectivity index (χ3v) is 2.34. The first-order chi connectivity index (χ1) is 4.70. The summed E-state index contributed by atoms with van der Waals surface area (Å²) in [6.45, 7) is 5.96. The maximum Gasteiger partial charge on any atom is 0.0546 e. The minimum Gasteiger partial charge on any atom is -0.393 e. The Balaban J connectivity index is 2.39. The van der Waals surface area contributed by atoms with Gasteiger partial charge in [0.05, 0.1) is 6.10 Å². The van der Waals surface area contributed by atoms with Crippen molar-refractivity contribution >= 4 is 0 Å². The molecule has 1 nitrogen and oxygen atoms in total. The van der Waals surface area contributed by atoms with Gasteiger partial charge in [-0.1, -0.05) is 18.6 Å². The van der Waals surface area contributed by atoms with Crippen molar-refractivity contribution in [1.29, 1.82) is 0 Å². The van der Waals surface area contributed by atoms with Crippen molar-refractivity contribution in [1.82, 2.24) is 0 Å². The van der Waals surface area contributed by atoms with Gasteiger partial charge in [0, 0.05) is 0 Å². The summed E-state index contributed by atoms with van der Waals surface area (Å²) in [4.78, 5) is 0. The van der Waals surface area contributed by atoms with Gasteiger partial charge in [0.25, 0.3) is 0 Å². The van der Waals surface area contributed by atoms with Gasteiger partial charge in [-0.2, -0.15) is 0 Å². The summed E-state index contributed by atoms with van der Waals surface area (Å²) in [5, 5.41) is 9.29. The Labute approximate surface area is 62.8 Å². The maximum absolute atomic E-state index is 9.29. The molecule has 0 aromatic carbocycles. The molecule has 1 heteroatoms. The summed E-state index contributed by atoms with van der Waals surface area (Å²) in [7, 11) is 0. The molecule has 0 aromatic rings. The molecular formula is C9H16O. The van der Waals surface area contributed by atoms with E-state index in [2.05, 4.69) is 13.5 Å². The van der Waals surface area contributed by atoms with Crippen LogP contribution in [0.3, 0.4) is 0 Å². The van der Waals surface area contributed by atoms with Gasteiger partial charge in [-0.3, -0.25) is 0 Å². The second-order valence-corrected chi connectivity index (χ2v) is 3.36. The summed E-state index contributed by atoms with van der Waals surface area (Å²) in [5.41, 5.74) is 1.23. The number of aliphatic hydroxyl groups excluding tert-OH is 1. The van der Waals surface area contributed by atoms with Crippen LogP contribution in [-0.2, 0) is 0 Å². The smallest absolute Gasteiger partial charge is 0.0546 e. The van der Waals surface area contributed by atoms with E-state index in [4.69, 9.17) is 0 Å². The third kappa shape index (κ3) is 1.84. The van der Waals surface area contributed by atoms with E-state index in [1.165, 1.54) is 18.4 Å². The van der Waals surface area contributed by atoms with Crippen LogP contribution in [0.15, 0.2) is 12.2 Å². The van der Waals surface area contributed by atoms with E-state index >= 15 is 0 Å². The highest BCUT2D eigenvalue weighted by atomic mass is 16.3. The first-order valence-electron chi connectivity index (χ1n) is 4.03. The van der Waals surface area contributed by atoms with Crippen molar-refractivity contribution in [3.63, 3.8) is 0 Å². The van der Waals surface area contributed by atoms with Crippen LogP contribution in [0, 0.1) is 5.92 Å². The normalized spacial score (nSPS) is 33.8. The van der Waals surface area contributed by atoms with Crippen LogP contribution in [0.25, 0.3) is 0 Å². The minimum absolute atomic E-state index is 0.0598. The fourth-order valence-corrected chi connectivity index (χ4v) is 1.61. The standard InChI is InChI=1S/C9H16O/c1-7(2)8-4-3-5-9(10)6-8/h8-10H,1,3-6H2,2H3/t8-,9+/m1/s1. The van der Waals surface area contributed by atoms with Gasteiger partial charge in [-0.05, 0) is 32.1 Å². The van der Waals surface area contributed by atoms with Crippen LogP contribution < -0.4 is 0 Å². The Kier molecular flexibility index (Phi) is 2.50. The average Bonchev–Trinajstić information content (AvgIpc) is 1.88. The zero-order valence-corrected chi connectivity index (χ0v) is 6.64. The summed E-state index contributed by atoms with van der Waals surface area (Å²) < 4.78 is 0. The molecule has 58 valence electrons. The lowest BCUT2D eigenvalue weighted by Gasteiger charge is -2.25. The first-order valence-corrected chi connectivity index (χ1v) is 4.03. The highest BCUT2D eigenvalue weighted by Crippen LogP contribution is 2.28. The van der Waals surface area contributed by atoms with E-state index < -0.39 is 0 Å². The average molecular weight is 140 g/mol. The monoisotopic (exact) mass is 140 g/mol. The molecule has 1 saturated carbocycles. The molecular weight excluding hydrogens is 124 g/mol. The van der Waals surface area contributed by atoms with Gasteiger partial charge in [0.2, 0.25) is 0 Å². The molecule has 0 unspecified atom stereocenters. The van der Waals surface area contributed by atoms with Gasteiger partial charge < -0.3 is 5.11 Å². The molecule has 1 fully saturated rings. The topological polar surface area (TPSA) is 20.2 Å². The predicted molar refractivity (Wildman–Crippen MR) is 42.8 cm³/mol. The van der Waals surface area contributed by atoms with Crippen LogP contribution in [0.5, 0.6) is 0 Å². The summed E-state index contributed by atoms with van der Waals surface area (Å²) >= 11 is 0. The molecule has 0 amide bonds. The summed E-state index contributed by atoms with van der Waals surface area (Å²) in [6, 6.07) is 0. The van der Waals surface area contributed by atoms with E-state index in [9.17, 15) is 5.11 Å². The SMILES string of the molecule is C=C(C)[C@@H]1CCC[C@H](O)C1. The number of hydrogen-bond acceptors (Lipinski definition) is 1. The van der Waals surface area contributed by atoms with Gasteiger partial charge >= 0.3 is 0 Å². The van der Waals surface area contributed by atoms with Crippen molar-refractivity contribution in [2.75, 3.05) is 0 Å². The molecule has 1 rings (SSSR count). The fourth-order valence-electron chi connectivity index (χ4n) is 1.61. The third-order valence-electron chi connectivity index (χ3n) is 2.34. The van der Waals surface area contributed by atoms with Crippen molar-refractivity contribution in [3.8, 4) is 0 Å². The minimum atomic E-state index is -0.0598. The lowest BCUT2D eigenvalue weighted by Crippen LogP contribution is -2.19. The second-order valence-electron chi connectivity index (χ2n) is 3.36. The molecule has 0 aromatic heterocycles. The molecule has 2 atom stereocenters. The number of rotatable bonds is 1.